The third-order valence-corrected chi connectivity index (χ3v) is 13.3. The topological polar surface area (TPSA) is 205 Å². The van der Waals surface area contributed by atoms with E-state index in [2.05, 4.69) is 0 Å². The number of phenols is 2. The molecule has 0 saturated carbocycles. The Labute approximate surface area is 302 Å². The van der Waals surface area contributed by atoms with E-state index in [0.29, 0.717) is 0 Å². The van der Waals surface area contributed by atoms with Crippen molar-refractivity contribution in [2.75, 3.05) is 0 Å². The van der Waals surface area contributed by atoms with Gasteiger partial charge in [0.05, 0.1) is 24.5 Å². The number of hydrogen-bond acceptors (Lipinski definition) is 11. The van der Waals surface area contributed by atoms with Gasteiger partial charge >= 0.3 is 0 Å². The molecule has 1 unspecified atom stereocenters. The van der Waals surface area contributed by atoms with Crippen LogP contribution in [0.15, 0.2) is 174 Å². The average molecular weight is 779 g/mol. The van der Waals surface area contributed by atoms with Crippen molar-refractivity contribution in [1.29, 1.82) is 0 Å². The van der Waals surface area contributed by atoms with E-state index < -0.39 is 45.9 Å². The summed E-state index contributed by atoms with van der Waals surface area (Å²) in [5, 5.41) is 19.1. The summed E-state index contributed by atoms with van der Waals surface area (Å²) in [6.45, 7) is 0. The lowest BCUT2D eigenvalue weighted by molar-refractivity contribution is 0.434. The molecule has 12 nitrogen and oxygen atoms in total. The first-order valence-corrected chi connectivity index (χ1v) is 20.4. The van der Waals surface area contributed by atoms with Crippen molar-refractivity contribution in [3.8, 4) is 34.5 Å². The molecule has 0 aliphatic heterocycles. The number of aromatic hydroxyl groups is 2. The van der Waals surface area contributed by atoms with Crippen LogP contribution in [-0.4, -0.2) is 44.6 Å². The highest BCUT2D eigenvalue weighted by molar-refractivity contribution is 7.92. The molecule has 6 rings (SSSR count). The minimum Gasteiger partial charge on any atom is -0.606 e. The number of benzene rings is 6. The standard InChI is InChI=1S/C36H26O12S4/c37-24-7-15-29(16-8-24)50(40,41)31-19-11-26(12-20-31)47-34-5-2-6-35(36(34)49(39)28-3-1-4-33(23-28)52(44,45)46)48-27-13-21-32(22-14-27)51(42,43)30-17-9-25(38)10-18-30/h1-23,37-38H,(H,44,45,46). The Morgan fingerprint density at radius 1 is 0.481 bits per heavy atom. The molecule has 0 heterocycles. The molecule has 6 aromatic rings. The Kier molecular flexibility index (Phi) is 10.0. The fourth-order valence-corrected chi connectivity index (χ4v) is 9.24. The largest absolute Gasteiger partial charge is 0.606 e. The molecule has 1 atom stereocenters. The second-order valence-electron chi connectivity index (χ2n) is 10.9. The van der Waals surface area contributed by atoms with E-state index in [1.165, 1.54) is 127 Å². The van der Waals surface area contributed by atoms with Gasteiger partial charge in [0.2, 0.25) is 24.6 Å². The highest BCUT2D eigenvalue weighted by Crippen LogP contribution is 2.42. The van der Waals surface area contributed by atoms with E-state index in [1.807, 2.05) is 0 Å². The fraction of sp³-hybridized carbons (Fsp3) is 0. The zero-order valence-electron chi connectivity index (χ0n) is 26.4. The van der Waals surface area contributed by atoms with Crippen molar-refractivity contribution < 1.29 is 54.0 Å². The van der Waals surface area contributed by atoms with Crippen molar-refractivity contribution in [3.63, 3.8) is 0 Å². The molecular weight excluding hydrogens is 753 g/mol. The minimum atomic E-state index is -4.66. The number of sulfone groups is 2. The Bertz CT molecular complexity index is 2430. The SMILES string of the molecule is O=S(=O)(O)c1cccc([S+]([O-])c2c(Oc3ccc(S(=O)(=O)c4ccc(O)cc4)cc3)cccc2Oc2ccc(S(=O)(=O)c3ccc(O)cc3)cc2)c1. The van der Waals surface area contributed by atoms with Crippen LogP contribution in [0.3, 0.4) is 0 Å². The van der Waals surface area contributed by atoms with E-state index in [0.717, 1.165) is 12.1 Å². The number of rotatable bonds is 11. The van der Waals surface area contributed by atoms with Crippen LogP contribution in [0.2, 0.25) is 0 Å². The number of hydrogen-bond donors (Lipinski definition) is 3. The molecule has 0 aromatic heterocycles. The smallest absolute Gasteiger partial charge is 0.294 e. The first-order valence-electron chi connectivity index (χ1n) is 14.9. The van der Waals surface area contributed by atoms with Gasteiger partial charge in [-0.15, -0.1) is 0 Å². The van der Waals surface area contributed by atoms with Gasteiger partial charge in [-0.05, 0) is 121 Å². The van der Waals surface area contributed by atoms with Crippen molar-refractivity contribution >= 4 is 41.0 Å². The summed E-state index contributed by atoms with van der Waals surface area (Å²) in [6, 6.07) is 30.0. The van der Waals surface area contributed by atoms with Crippen LogP contribution in [0.25, 0.3) is 0 Å². The zero-order chi connectivity index (χ0) is 37.3. The van der Waals surface area contributed by atoms with Gasteiger partial charge in [0.25, 0.3) is 10.1 Å². The van der Waals surface area contributed by atoms with E-state index >= 15 is 0 Å². The molecule has 3 N–H and O–H groups in total. The lowest BCUT2D eigenvalue weighted by atomic mass is 10.3. The monoisotopic (exact) mass is 778 g/mol. The van der Waals surface area contributed by atoms with Crippen LogP contribution in [0.4, 0.5) is 0 Å². The summed E-state index contributed by atoms with van der Waals surface area (Å²) in [7, 11) is -12.5. The number of phenolic OH excluding ortho intramolecular Hbond substituents is 2. The van der Waals surface area contributed by atoms with E-state index in [1.54, 1.807) is 0 Å². The third kappa shape index (κ3) is 7.76. The van der Waals surface area contributed by atoms with Crippen molar-refractivity contribution in [2.45, 2.75) is 34.3 Å². The lowest BCUT2D eigenvalue weighted by Crippen LogP contribution is -2.08. The lowest BCUT2D eigenvalue weighted by Gasteiger charge is -2.18. The molecule has 0 aliphatic rings. The first-order chi connectivity index (χ1) is 24.6. The molecule has 16 heteroatoms. The Morgan fingerprint density at radius 3 is 1.23 bits per heavy atom. The molecule has 0 amide bonds. The molecule has 0 aliphatic carbocycles. The summed E-state index contributed by atoms with van der Waals surface area (Å²) in [5.74, 6) is 0.0401. The maximum atomic E-state index is 14.2. The minimum absolute atomic E-state index is 0.0197. The van der Waals surface area contributed by atoms with Crippen LogP contribution < -0.4 is 9.47 Å². The van der Waals surface area contributed by atoms with Crippen LogP contribution >= 0.6 is 0 Å². The first kappa shape index (κ1) is 36.4. The van der Waals surface area contributed by atoms with Crippen molar-refractivity contribution in [1.82, 2.24) is 0 Å². The van der Waals surface area contributed by atoms with Gasteiger partial charge in [0.15, 0.2) is 16.4 Å². The van der Waals surface area contributed by atoms with Crippen molar-refractivity contribution in [3.05, 3.63) is 140 Å². The van der Waals surface area contributed by atoms with Crippen molar-refractivity contribution in [2.24, 2.45) is 0 Å². The highest BCUT2D eigenvalue weighted by atomic mass is 32.2. The molecule has 52 heavy (non-hydrogen) atoms. The van der Waals surface area contributed by atoms with Crippen LogP contribution in [-0.2, 0) is 41.0 Å². The predicted molar refractivity (Wildman–Crippen MR) is 188 cm³/mol. The van der Waals surface area contributed by atoms with Gasteiger partial charge in [-0.3, -0.25) is 4.55 Å². The summed E-state index contributed by atoms with van der Waals surface area (Å²) in [6.07, 6.45) is 0. The average Bonchev–Trinajstić information content (AvgIpc) is 3.12. The summed E-state index contributed by atoms with van der Waals surface area (Å²) < 4.78 is 112. The van der Waals surface area contributed by atoms with Gasteiger partial charge < -0.3 is 24.2 Å². The Balaban J connectivity index is 1.35. The van der Waals surface area contributed by atoms with Crippen LogP contribution in [0, 0.1) is 0 Å². The van der Waals surface area contributed by atoms with E-state index in [4.69, 9.17) is 9.47 Å². The molecule has 6 aromatic carbocycles. The molecule has 0 bridgehead atoms. The molecule has 0 saturated heterocycles. The van der Waals surface area contributed by atoms with Gasteiger partial charge in [0, 0.05) is 17.2 Å². The Morgan fingerprint density at radius 2 is 0.846 bits per heavy atom. The molecular formula is C36H26O12S4. The van der Waals surface area contributed by atoms with Gasteiger partial charge in [-0.2, -0.15) is 8.42 Å². The van der Waals surface area contributed by atoms with Gasteiger partial charge in [-0.1, -0.05) is 12.1 Å². The third-order valence-electron chi connectivity index (χ3n) is 7.46. The summed E-state index contributed by atoms with van der Waals surface area (Å²) in [5.41, 5.74) is 0. The second kappa shape index (κ2) is 14.3. The quantitative estimate of drug-likeness (QED) is 0.0922. The number of ether oxygens (including phenoxy) is 2. The summed E-state index contributed by atoms with van der Waals surface area (Å²) in [4.78, 5) is -0.832. The van der Waals surface area contributed by atoms with E-state index in [9.17, 15) is 44.6 Å². The predicted octanol–water partition coefficient (Wildman–Crippen LogP) is 6.76. The summed E-state index contributed by atoms with van der Waals surface area (Å²) >= 11 is -2.21. The zero-order valence-corrected chi connectivity index (χ0v) is 29.7. The maximum absolute atomic E-state index is 14.2. The van der Waals surface area contributed by atoms with Crippen LogP contribution in [0.1, 0.15) is 0 Å². The Hall–Kier alpha value is -5.36. The molecule has 0 fully saturated rings. The van der Waals surface area contributed by atoms with Gasteiger partial charge in [0.1, 0.15) is 23.0 Å². The van der Waals surface area contributed by atoms with E-state index in [-0.39, 0.29) is 63.9 Å². The second-order valence-corrected chi connectivity index (χ2v) is 17.7. The normalized spacial score (nSPS) is 12.6. The maximum Gasteiger partial charge on any atom is 0.294 e. The van der Waals surface area contributed by atoms with Gasteiger partial charge in [-0.25, -0.2) is 16.8 Å². The van der Waals surface area contributed by atoms with Crippen LogP contribution in [0.5, 0.6) is 34.5 Å². The highest BCUT2D eigenvalue weighted by Gasteiger charge is 2.29. The molecule has 0 radical (unpaired) electrons. The molecule has 266 valence electrons. The fourth-order valence-electron chi connectivity index (χ4n) is 4.86. The molecule has 0 spiro atoms.